The van der Waals surface area contributed by atoms with Crippen LogP contribution in [-0.4, -0.2) is 42.5 Å². The lowest BCUT2D eigenvalue weighted by Gasteiger charge is -2.34. The molecule has 2 aromatic carbocycles. The van der Waals surface area contributed by atoms with Crippen LogP contribution in [0.5, 0.6) is 0 Å². The molecule has 1 aliphatic heterocycles. The van der Waals surface area contributed by atoms with Gasteiger partial charge in [-0.2, -0.15) is 0 Å². The van der Waals surface area contributed by atoms with Gasteiger partial charge in [0.2, 0.25) is 0 Å². The first kappa shape index (κ1) is 15.4. The largest absolute Gasteiger partial charge is 0.460 e. The van der Waals surface area contributed by atoms with Gasteiger partial charge >= 0.3 is 0 Å². The van der Waals surface area contributed by atoms with Crippen LogP contribution in [0.2, 0.25) is 0 Å². The first-order chi connectivity index (χ1) is 11.9. The predicted octanol–water partition coefficient (Wildman–Crippen LogP) is 3.79. The molecule has 0 saturated carbocycles. The van der Waals surface area contributed by atoms with E-state index < -0.39 is 0 Å². The molecule has 1 aliphatic rings. The van der Waals surface area contributed by atoms with Crippen molar-refractivity contribution >= 4 is 11.0 Å². The van der Waals surface area contributed by atoms with Crippen molar-refractivity contribution in [1.29, 1.82) is 0 Å². The summed E-state index contributed by atoms with van der Waals surface area (Å²) < 4.78 is 5.95. The van der Waals surface area contributed by atoms with Gasteiger partial charge in [-0.25, -0.2) is 0 Å². The molecular formula is C21H24N2O. The van der Waals surface area contributed by atoms with Gasteiger partial charge in [0, 0.05) is 38.1 Å². The number of benzene rings is 2. The Balaban J connectivity index is 1.27. The highest BCUT2D eigenvalue weighted by Crippen LogP contribution is 2.20. The molecule has 3 heteroatoms. The van der Waals surface area contributed by atoms with Crippen molar-refractivity contribution in [2.75, 3.05) is 32.7 Å². The quantitative estimate of drug-likeness (QED) is 0.713. The van der Waals surface area contributed by atoms with E-state index in [0.29, 0.717) is 0 Å². The molecular weight excluding hydrogens is 296 g/mol. The second kappa shape index (κ2) is 7.20. The molecule has 0 N–H and O–H groups in total. The molecule has 0 aliphatic carbocycles. The monoisotopic (exact) mass is 320 g/mol. The summed E-state index contributed by atoms with van der Waals surface area (Å²) in [5.41, 5.74) is 2.43. The normalized spacial score (nSPS) is 16.7. The van der Waals surface area contributed by atoms with E-state index in [1.54, 1.807) is 0 Å². The summed E-state index contributed by atoms with van der Waals surface area (Å²) in [5, 5.41) is 1.20. The SMILES string of the molecule is c1ccc(CCN2CCN(Cc3cc4ccccc4o3)CC2)cc1. The molecule has 0 unspecified atom stereocenters. The zero-order valence-corrected chi connectivity index (χ0v) is 14.0. The molecule has 1 saturated heterocycles. The predicted molar refractivity (Wildman–Crippen MR) is 98.1 cm³/mol. The van der Waals surface area contributed by atoms with Gasteiger partial charge in [0.15, 0.2) is 0 Å². The summed E-state index contributed by atoms with van der Waals surface area (Å²) in [6, 6.07) is 21.2. The van der Waals surface area contributed by atoms with Gasteiger partial charge in [0.1, 0.15) is 11.3 Å². The average Bonchev–Trinajstić information content (AvgIpc) is 3.04. The maximum atomic E-state index is 5.95. The van der Waals surface area contributed by atoms with Gasteiger partial charge in [-0.05, 0) is 24.1 Å². The third kappa shape index (κ3) is 3.69. The number of rotatable bonds is 5. The molecule has 0 spiro atoms. The lowest BCUT2D eigenvalue weighted by Crippen LogP contribution is -2.46. The number of piperazine rings is 1. The molecule has 3 nitrogen and oxygen atoms in total. The summed E-state index contributed by atoms with van der Waals surface area (Å²) in [6.45, 7) is 6.60. The summed E-state index contributed by atoms with van der Waals surface area (Å²) in [6.07, 6.45) is 1.14. The van der Waals surface area contributed by atoms with Crippen molar-refractivity contribution in [2.45, 2.75) is 13.0 Å². The molecule has 0 radical (unpaired) electrons. The third-order valence-electron chi connectivity index (χ3n) is 4.88. The van der Waals surface area contributed by atoms with Crippen LogP contribution in [0.1, 0.15) is 11.3 Å². The Bertz CT molecular complexity index is 740. The van der Waals surface area contributed by atoms with Crippen LogP contribution in [0.15, 0.2) is 65.1 Å². The average molecular weight is 320 g/mol. The van der Waals surface area contributed by atoms with Gasteiger partial charge in [0.25, 0.3) is 0 Å². The Morgan fingerprint density at radius 1 is 0.792 bits per heavy atom. The Hall–Kier alpha value is -2.10. The molecule has 0 amide bonds. The standard InChI is InChI=1S/C21H24N2O/c1-2-6-18(7-3-1)10-11-22-12-14-23(15-13-22)17-20-16-19-8-4-5-9-21(19)24-20/h1-9,16H,10-15,17H2. The van der Waals surface area contributed by atoms with Crippen molar-refractivity contribution in [1.82, 2.24) is 9.80 Å². The van der Waals surface area contributed by atoms with Gasteiger partial charge < -0.3 is 9.32 Å². The number of para-hydroxylation sites is 1. The highest BCUT2D eigenvalue weighted by molar-refractivity contribution is 5.77. The van der Waals surface area contributed by atoms with Crippen molar-refractivity contribution in [2.24, 2.45) is 0 Å². The van der Waals surface area contributed by atoms with E-state index in [0.717, 1.165) is 57.0 Å². The fourth-order valence-corrected chi connectivity index (χ4v) is 3.44. The van der Waals surface area contributed by atoms with E-state index in [1.807, 2.05) is 12.1 Å². The fourth-order valence-electron chi connectivity index (χ4n) is 3.44. The summed E-state index contributed by atoms with van der Waals surface area (Å²) in [5.74, 6) is 1.08. The second-order valence-corrected chi connectivity index (χ2v) is 6.60. The lowest BCUT2D eigenvalue weighted by molar-refractivity contribution is 0.122. The number of hydrogen-bond donors (Lipinski definition) is 0. The molecule has 24 heavy (non-hydrogen) atoms. The van der Waals surface area contributed by atoms with Crippen LogP contribution in [0, 0.1) is 0 Å². The minimum absolute atomic E-state index is 0.918. The van der Waals surface area contributed by atoms with Crippen molar-refractivity contribution in [3.8, 4) is 0 Å². The summed E-state index contributed by atoms with van der Waals surface area (Å²) in [4.78, 5) is 5.07. The minimum atomic E-state index is 0.918. The highest BCUT2D eigenvalue weighted by Gasteiger charge is 2.18. The van der Waals surface area contributed by atoms with E-state index in [9.17, 15) is 0 Å². The van der Waals surface area contributed by atoms with Crippen LogP contribution in [0.25, 0.3) is 11.0 Å². The molecule has 2 heterocycles. The topological polar surface area (TPSA) is 19.6 Å². The molecule has 3 aromatic rings. The number of fused-ring (bicyclic) bond motifs is 1. The van der Waals surface area contributed by atoms with Crippen LogP contribution < -0.4 is 0 Å². The molecule has 0 atom stereocenters. The van der Waals surface area contributed by atoms with E-state index in [1.165, 1.54) is 10.9 Å². The van der Waals surface area contributed by atoms with Crippen molar-refractivity contribution < 1.29 is 4.42 Å². The molecule has 1 fully saturated rings. The molecule has 124 valence electrons. The summed E-state index contributed by atoms with van der Waals surface area (Å²) >= 11 is 0. The Morgan fingerprint density at radius 2 is 1.50 bits per heavy atom. The van der Waals surface area contributed by atoms with Crippen molar-refractivity contribution in [3.63, 3.8) is 0 Å². The maximum Gasteiger partial charge on any atom is 0.134 e. The minimum Gasteiger partial charge on any atom is -0.460 e. The maximum absolute atomic E-state index is 5.95. The van der Waals surface area contributed by atoms with E-state index in [2.05, 4.69) is 58.3 Å². The van der Waals surface area contributed by atoms with Crippen LogP contribution in [0.3, 0.4) is 0 Å². The number of furan rings is 1. The van der Waals surface area contributed by atoms with Crippen LogP contribution in [0.4, 0.5) is 0 Å². The first-order valence-electron chi connectivity index (χ1n) is 8.83. The fraction of sp³-hybridized carbons (Fsp3) is 0.333. The highest BCUT2D eigenvalue weighted by atomic mass is 16.3. The van der Waals surface area contributed by atoms with E-state index >= 15 is 0 Å². The van der Waals surface area contributed by atoms with E-state index in [4.69, 9.17) is 4.42 Å². The van der Waals surface area contributed by atoms with Gasteiger partial charge in [-0.1, -0.05) is 48.5 Å². The molecule has 0 bridgehead atoms. The van der Waals surface area contributed by atoms with Crippen LogP contribution >= 0.6 is 0 Å². The zero-order valence-electron chi connectivity index (χ0n) is 14.0. The number of hydrogen-bond acceptors (Lipinski definition) is 3. The zero-order chi connectivity index (χ0) is 16.2. The Labute approximate surface area is 143 Å². The first-order valence-corrected chi connectivity index (χ1v) is 8.83. The third-order valence-corrected chi connectivity index (χ3v) is 4.88. The summed E-state index contributed by atoms with van der Waals surface area (Å²) in [7, 11) is 0. The molecule has 4 rings (SSSR count). The Kier molecular flexibility index (Phi) is 4.63. The lowest BCUT2D eigenvalue weighted by atomic mass is 10.1. The number of nitrogens with zero attached hydrogens (tertiary/aromatic N) is 2. The smallest absolute Gasteiger partial charge is 0.134 e. The van der Waals surface area contributed by atoms with Gasteiger partial charge in [-0.15, -0.1) is 0 Å². The van der Waals surface area contributed by atoms with Gasteiger partial charge in [-0.3, -0.25) is 4.90 Å². The van der Waals surface area contributed by atoms with Crippen LogP contribution in [-0.2, 0) is 13.0 Å². The van der Waals surface area contributed by atoms with E-state index in [-0.39, 0.29) is 0 Å². The van der Waals surface area contributed by atoms with Crippen molar-refractivity contribution in [3.05, 3.63) is 72.0 Å². The second-order valence-electron chi connectivity index (χ2n) is 6.60. The van der Waals surface area contributed by atoms with Gasteiger partial charge in [0.05, 0.1) is 6.54 Å². The Morgan fingerprint density at radius 3 is 2.29 bits per heavy atom. The molecule has 1 aromatic heterocycles.